The molecular weight excluding hydrogens is 310 g/mol. The number of ether oxygens (including phenoxy) is 1. The standard InChI is InChI=1S/C21H29N3O/c1-15(2)24(6)14-22-20-11-12-21(23-18(20)5)25-17(4)13-19-10-8-7-9-16(19)3/h7-12,14-15,17H,13H2,1-6H3/b22-14+. The molecule has 0 aliphatic rings. The van der Waals surface area contributed by atoms with Crippen molar-refractivity contribution >= 4 is 12.0 Å². The largest absolute Gasteiger partial charge is 0.474 e. The molecule has 0 radical (unpaired) electrons. The van der Waals surface area contributed by atoms with Gasteiger partial charge in [0.05, 0.1) is 17.7 Å². The third-order valence-corrected chi connectivity index (χ3v) is 4.32. The van der Waals surface area contributed by atoms with Gasteiger partial charge < -0.3 is 9.64 Å². The summed E-state index contributed by atoms with van der Waals surface area (Å²) < 4.78 is 6.00. The van der Waals surface area contributed by atoms with Gasteiger partial charge in [-0.15, -0.1) is 0 Å². The van der Waals surface area contributed by atoms with Crippen LogP contribution in [0.15, 0.2) is 41.4 Å². The number of hydrogen-bond donors (Lipinski definition) is 0. The van der Waals surface area contributed by atoms with Crippen molar-refractivity contribution in [2.45, 2.75) is 53.2 Å². The van der Waals surface area contributed by atoms with Gasteiger partial charge in [-0.2, -0.15) is 0 Å². The van der Waals surface area contributed by atoms with Crippen molar-refractivity contribution in [3.63, 3.8) is 0 Å². The molecule has 1 heterocycles. The minimum absolute atomic E-state index is 0.0643. The highest BCUT2D eigenvalue weighted by atomic mass is 16.5. The molecule has 0 N–H and O–H groups in total. The number of nitrogens with zero attached hydrogens (tertiary/aromatic N) is 3. The monoisotopic (exact) mass is 339 g/mol. The normalized spacial score (nSPS) is 12.6. The number of aryl methyl sites for hydroxylation is 2. The Bertz CT molecular complexity index is 725. The third-order valence-electron chi connectivity index (χ3n) is 4.32. The van der Waals surface area contributed by atoms with Gasteiger partial charge >= 0.3 is 0 Å². The first-order valence-corrected chi connectivity index (χ1v) is 8.81. The molecule has 0 aliphatic carbocycles. The van der Waals surface area contributed by atoms with Crippen molar-refractivity contribution in [2.75, 3.05) is 7.05 Å². The summed E-state index contributed by atoms with van der Waals surface area (Å²) >= 11 is 0. The number of hydrogen-bond acceptors (Lipinski definition) is 3. The van der Waals surface area contributed by atoms with Crippen LogP contribution < -0.4 is 4.74 Å². The zero-order chi connectivity index (χ0) is 18.4. The zero-order valence-electron chi connectivity index (χ0n) is 16.2. The van der Waals surface area contributed by atoms with Gasteiger partial charge in [0.2, 0.25) is 5.88 Å². The van der Waals surface area contributed by atoms with Gasteiger partial charge in [0.25, 0.3) is 0 Å². The topological polar surface area (TPSA) is 37.7 Å². The fourth-order valence-electron chi connectivity index (χ4n) is 2.42. The fourth-order valence-corrected chi connectivity index (χ4v) is 2.42. The van der Waals surface area contributed by atoms with E-state index in [9.17, 15) is 0 Å². The van der Waals surface area contributed by atoms with Gasteiger partial charge in [0.1, 0.15) is 6.10 Å². The van der Waals surface area contributed by atoms with Crippen LogP contribution in [0.1, 0.15) is 37.6 Å². The first kappa shape index (κ1) is 19.0. The number of pyridine rings is 1. The lowest BCUT2D eigenvalue weighted by Crippen LogP contribution is -2.24. The minimum Gasteiger partial charge on any atom is -0.474 e. The third kappa shape index (κ3) is 5.59. The predicted molar refractivity (Wildman–Crippen MR) is 105 cm³/mol. The van der Waals surface area contributed by atoms with Gasteiger partial charge in [-0.1, -0.05) is 24.3 Å². The summed E-state index contributed by atoms with van der Waals surface area (Å²) in [6.45, 7) is 10.4. The first-order valence-electron chi connectivity index (χ1n) is 8.81. The quantitative estimate of drug-likeness (QED) is 0.541. The Morgan fingerprint density at radius 2 is 1.84 bits per heavy atom. The Labute approximate surface area is 151 Å². The number of aliphatic imine (C=N–C) groups is 1. The summed E-state index contributed by atoms with van der Waals surface area (Å²) in [5.74, 6) is 0.648. The smallest absolute Gasteiger partial charge is 0.213 e. The Morgan fingerprint density at radius 1 is 1.12 bits per heavy atom. The summed E-state index contributed by atoms with van der Waals surface area (Å²) in [7, 11) is 2.02. The number of aromatic nitrogens is 1. The molecule has 1 aromatic heterocycles. The molecule has 0 amide bonds. The SMILES string of the molecule is Cc1ccccc1CC(C)Oc1ccc(/N=C/N(C)C(C)C)c(C)n1. The van der Waals surface area contributed by atoms with Crippen molar-refractivity contribution in [3.05, 3.63) is 53.2 Å². The van der Waals surface area contributed by atoms with Gasteiger partial charge in [0, 0.05) is 25.6 Å². The van der Waals surface area contributed by atoms with Crippen molar-refractivity contribution < 1.29 is 4.74 Å². The van der Waals surface area contributed by atoms with E-state index in [-0.39, 0.29) is 6.10 Å². The molecule has 1 unspecified atom stereocenters. The van der Waals surface area contributed by atoms with E-state index < -0.39 is 0 Å². The van der Waals surface area contributed by atoms with Crippen LogP contribution in [0.2, 0.25) is 0 Å². The lowest BCUT2D eigenvalue weighted by molar-refractivity contribution is 0.212. The summed E-state index contributed by atoms with van der Waals surface area (Å²) in [6, 6.07) is 12.7. The molecule has 4 heteroatoms. The average molecular weight is 339 g/mol. The Morgan fingerprint density at radius 3 is 2.48 bits per heavy atom. The lowest BCUT2D eigenvalue weighted by Gasteiger charge is -2.18. The van der Waals surface area contributed by atoms with Gasteiger partial charge in [-0.3, -0.25) is 0 Å². The maximum atomic E-state index is 6.00. The molecule has 0 bridgehead atoms. The molecule has 0 fully saturated rings. The molecule has 0 saturated heterocycles. The second-order valence-electron chi connectivity index (χ2n) is 6.82. The maximum Gasteiger partial charge on any atom is 0.213 e. The van der Waals surface area contributed by atoms with Crippen LogP contribution >= 0.6 is 0 Å². The van der Waals surface area contributed by atoms with E-state index in [0.29, 0.717) is 11.9 Å². The average Bonchev–Trinajstić information content (AvgIpc) is 2.55. The zero-order valence-corrected chi connectivity index (χ0v) is 16.2. The van der Waals surface area contributed by atoms with Crippen molar-refractivity contribution in [3.8, 4) is 5.88 Å². The Balaban J connectivity index is 2.01. The molecule has 1 atom stereocenters. The van der Waals surface area contributed by atoms with Crippen LogP contribution in [0.3, 0.4) is 0 Å². The van der Waals surface area contributed by atoms with Crippen LogP contribution in [-0.2, 0) is 6.42 Å². The van der Waals surface area contributed by atoms with Crippen molar-refractivity contribution in [1.29, 1.82) is 0 Å². The predicted octanol–water partition coefficient (Wildman–Crippen LogP) is 4.71. The van der Waals surface area contributed by atoms with E-state index in [1.54, 1.807) is 0 Å². The minimum atomic E-state index is 0.0643. The van der Waals surface area contributed by atoms with Crippen LogP contribution in [0, 0.1) is 13.8 Å². The van der Waals surface area contributed by atoms with Crippen LogP contribution in [0.4, 0.5) is 5.69 Å². The van der Waals surface area contributed by atoms with E-state index in [4.69, 9.17) is 4.74 Å². The van der Waals surface area contributed by atoms with Crippen LogP contribution in [-0.4, -0.2) is 35.4 Å². The van der Waals surface area contributed by atoms with Crippen molar-refractivity contribution in [2.24, 2.45) is 4.99 Å². The van der Waals surface area contributed by atoms with Crippen LogP contribution in [0.5, 0.6) is 5.88 Å². The van der Waals surface area contributed by atoms with E-state index in [0.717, 1.165) is 17.8 Å². The molecule has 25 heavy (non-hydrogen) atoms. The molecule has 2 rings (SSSR count). The second kappa shape index (κ2) is 8.65. The van der Waals surface area contributed by atoms with Gasteiger partial charge in [0.15, 0.2) is 0 Å². The molecule has 0 aliphatic heterocycles. The highest BCUT2D eigenvalue weighted by Crippen LogP contribution is 2.21. The van der Waals surface area contributed by atoms with E-state index >= 15 is 0 Å². The van der Waals surface area contributed by atoms with Gasteiger partial charge in [-0.05, 0) is 51.8 Å². The molecule has 1 aromatic carbocycles. The molecule has 0 saturated carbocycles. The number of benzene rings is 1. The molecule has 4 nitrogen and oxygen atoms in total. The van der Waals surface area contributed by atoms with Gasteiger partial charge in [-0.25, -0.2) is 9.98 Å². The number of rotatable bonds is 7. The van der Waals surface area contributed by atoms with Crippen molar-refractivity contribution in [1.82, 2.24) is 9.88 Å². The van der Waals surface area contributed by atoms with E-state index in [1.165, 1.54) is 11.1 Å². The molecule has 0 spiro atoms. The maximum absolute atomic E-state index is 6.00. The summed E-state index contributed by atoms with van der Waals surface area (Å²) in [6.07, 6.45) is 2.78. The first-order chi connectivity index (χ1) is 11.9. The highest BCUT2D eigenvalue weighted by molar-refractivity contribution is 5.62. The highest BCUT2D eigenvalue weighted by Gasteiger charge is 2.09. The fraction of sp³-hybridized carbons (Fsp3) is 0.429. The van der Waals surface area contributed by atoms with E-state index in [2.05, 4.69) is 66.8 Å². The Hall–Kier alpha value is -2.36. The lowest BCUT2D eigenvalue weighted by atomic mass is 10.0. The second-order valence-corrected chi connectivity index (χ2v) is 6.82. The Kier molecular flexibility index (Phi) is 6.57. The molecule has 2 aromatic rings. The summed E-state index contributed by atoms with van der Waals surface area (Å²) in [5, 5.41) is 0. The summed E-state index contributed by atoms with van der Waals surface area (Å²) in [4.78, 5) is 11.1. The molecular formula is C21H29N3O. The van der Waals surface area contributed by atoms with Crippen LogP contribution in [0.25, 0.3) is 0 Å². The molecule has 134 valence electrons. The van der Waals surface area contributed by atoms with E-state index in [1.807, 2.05) is 32.4 Å². The summed E-state index contributed by atoms with van der Waals surface area (Å²) in [5.41, 5.74) is 4.34.